The maximum atomic E-state index is 13.1. The van der Waals surface area contributed by atoms with Crippen molar-refractivity contribution in [1.82, 2.24) is 19.0 Å². The summed E-state index contributed by atoms with van der Waals surface area (Å²) in [5.41, 5.74) is 1.27. The van der Waals surface area contributed by atoms with E-state index in [-0.39, 0.29) is 30.6 Å². The summed E-state index contributed by atoms with van der Waals surface area (Å²) in [4.78, 5) is 19.2. The topological polar surface area (TPSA) is 82.6 Å². The first-order valence-corrected chi connectivity index (χ1v) is 14.1. The third-order valence-corrected chi connectivity index (χ3v) is 9.27. The van der Waals surface area contributed by atoms with E-state index in [1.54, 1.807) is 38.0 Å². The van der Waals surface area contributed by atoms with Gasteiger partial charge in [0.15, 0.2) is 0 Å². The van der Waals surface area contributed by atoms with Gasteiger partial charge in [-0.3, -0.25) is 4.79 Å². The Bertz CT molecular complexity index is 946. The number of carbonyl (C=O) groups is 1. The molecule has 9 nitrogen and oxygen atoms in total. The maximum Gasteiger partial charge on any atom is 0.248 e. The van der Waals surface area contributed by atoms with E-state index < -0.39 is 10.0 Å². The molecule has 2 rings (SSSR count). The Morgan fingerprint density at radius 2 is 1.64 bits per heavy atom. The second-order valence-corrected chi connectivity index (χ2v) is 12.3. The molecule has 2 atom stereocenters. The molecule has 0 spiro atoms. The van der Waals surface area contributed by atoms with Crippen molar-refractivity contribution in [3.63, 3.8) is 0 Å². The number of benzene rings is 1. The molecule has 1 aliphatic carbocycles. The highest BCUT2D eigenvalue weighted by Gasteiger charge is 2.29. The van der Waals surface area contributed by atoms with Gasteiger partial charge in [0.25, 0.3) is 0 Å². The molecular weight excluding hydrogens is 480 g/mol. The fourth-order valence-electron chi connectivity index (χ4n) is 4.82. The standard InChI is InChI=1S/C26H46N4O5S/c1-20-15-24(34-8)16-21(2)26(20)36(32,33)30(7)13-14-35-19-25(31)29(6)18-22-9-10-23(17-22)28(5)12-11-27(3)4/h15-16,22-23H,9-14,17-19H2,1-8H3/t22-,23-/m1/s1. The predicted molar refractivity (Wildman–Crippen MR) is 143 cm³/mol. The molecule has 0 bridgehead atoms. The lowest BCUT2D eigenvalue weighted by molar-refractivity contribution is -0.135. The van der Waals surface area contributed by atoms with Crippen molar-refractivity contribution in [2.75, 3.05) is 81.7 Å². The molecule has 1 amide bonds. The van der Waals surface area contributed by atoms with Crippen molar-refractivity contribution >= 4 is 15.9 Å². The summed E-state index contributed by atoms with van der Waals surface area (Å²) in [6, 6.07) is 4.01. The van der Waals surface area contributed by atoms with Crippen LogP contribution >= 0.6 is 0 Å². The fourth-order valence-corrected chi connectivity index (χ4v) is 6.38. The highest BCUT2D eigenvalue weighted by molar-refractivity contribution is 7.89. The van der Waals surface area contributed by atoms with Gasteiger partial charge in [0, 0.05) is 46.3 Å². The molecule has 0 unspecified atom stereocenters. The molecule has 0 heterocycles. The van der Waals surface area contributed by atoms with Crippen LogP contribution in [0.3, 0.4) is 0 Å². The smallest absolute Gasteiger partial charge is 0.248 e. The highest BCUT2D eigenvalue weighted by Crippen LogP contribution is 2.29. The first-order valence-electron chi connectivity index (χ1n) is 12.6. The lowest BCUT2D eigenvalue weighted by Crippen LogP contribution is -2.37. The van der Waals surface area contributed by atoms with E-state index >= 15 is 0 Å². The van der Waals surface area contributed by atoms with Gasteiger partial charge in [-0.1, -0.05) is 0 Å². The second kappa shape index (κ2) is 13.7. The minimum Gasteiger partial charge on any atom is -0.497 e. The summed E-state index contributed by atoms with van der Waals surface area (Å²) >= 11 is 0. The molecule has 0 radical (unpaired) electrons. The van der Waals surface area contributed by atoms with Crippen LogP contribution in [0.5, 0.6) is 5.75 Å². The number of sulfonamides is 1. The van der Waals surface area contributed by atoms with Gasteiger partial charge >= 0.3 is 0 Å². The highest BCUT2D eigenvalue weighted by atomic mass is 32.2. The minimum atomic E-state index is -3.68. The molecule has 0 aromatic heterocycles. The number of ether oxygens (including phenoxy) is 2. The summed E-state index contributed by atoms with van der Waals surface area (Å²) in [5.74, 6) is 1.05. The van der Waals surface area contributed by atoms with E-state index in [1.165, 1.54) is 17.8 Å². The molecule has 0 N–H and O–H groups in total. The van der Waals surface area contributed by atoms with Crippen molar-refractivity contribution in [3.8, 4) is 5.75 Å². The van der Waals surface area contributed by atoms with Crippen LogP contribution in [0.25, 0.3) is 0 Å². The van der Waals surface area contributed by atoms with Gasteiger partial charge < -0.3 is 24.2 Å². The number of nitrogens with zero attached hydrogens (tertiary/aromatic N) is 4. The van der Waals surface area contributed by atoms with Crippen molar-refractivity contribution in [3.05, 3.63) is 23.3 Å². The molecule has 0 aliphatic heterocycles. The van der Waals surface area contributed by atoms with Crippen molar-refractivity contribution in [2.24, 2.45) is 5.92 Å². The Labute approximate surface area is 218 Å². The Balaban J connectivity index is 1.76. The van der Waals surface area contributed by atoms with Gasteiger partial charge in [-0.05, 0) is 83.4 Å². The number of likely N-dealkylation sites (N-methyl/N-ethyl adjacent to an activating group) is 4. The number of carbonyl (C=O) groups excluding carboxylic acids is 1. The summed E-state index contributed by atoms with van der Waals surface area (Å²) in [6.07, 6.45) is 3.40. The van der Waals surface area contributed by atoms with E-state index in [2.05, 4.69) is 30.9 Å². The molecule has 1 aromatic rings. The summed E-state index contributed by atoms with van der Waals surface area (Å²) in [7, 11) is 7.59. The fraction of sp³-hybridized carbons (Fsp3) is 0.731. The zero-order chi connectivity index (χ0) is 27.0. The number of rotatable bonds is 14. The summed E-state index contributed by atoms with van der Waals surface area (Å²) in [6.45, 7) is 6.59. The monoisotopic (exact) mass is 526 g/mol. The molecule has 206 valence electrons. The predicted octanol–water partition coefficient (Wildman–Crippen LogP) is 2.07. The van der Waals surface area contributed by atoms with Crippen LogP contribution in [0.1, 0.15) is 30.4 Å². The Morgan fingerprint density at radius 3 is 2.22 bits per heavy atom. The van der Waals surface area contributed by atoms with E-state index in [0.29, 0.717) is 28.8 Å². The van der Waals surface area contributed by atoms with Crippen molar-refractivity contribution < 1.29 is 22.7 Å². The number of aryl methyl sites for hydroxylation is 2. The third-order valence-electron chi connectivity index (χ3n) is 7.11. The SMILES string of the molecule is COc1cc(C)c(S(=O)(=O)N(C)CCOCC(=O)N(C)C[C@@H]2CC[C@@H](N(C)CCN(C)C)C2)c(C)c1. The first kappa shape index (κ1) is 30.5. The third kappa shape index (κ3) is 8.41. The molecule has 1 aliphatic rings. The number of hydrogen-bond donors (Lipinski definition) is 0. The average Bonchev–Trinajstić information content (AvgIpc) is 3.27. The van der Waals surface area contributed by atoms with Crippen LogP contribution in [-0.2, 0) is 19.6 Å². The van der Waals surface area contributed by atoms with Crippen molar-refractivity contribution in [2.45, 2.75) is 44.0 Å². The molecule has 36 heavy (non-hydrogen) atoms. The first-order chi connectivity index (χ1) is 16.9. The van der Waals surface area contributed by atoms with E-state index in [9.17, 15) is 13.2 Å². The molecule has 0 saturated heterocycles. The Morgan fingerprint density at radius 1 is 1.00 bits per heavy atom. The molecule has 10 heteroatoms. The molecule has 1 saturated carbocycles. The minimum absolute atomic E-state index is 0.0517. The summed E-state index contributed by atoms with van der Waals surface area (Å²) < 4.78 is 38.3. The van der Waals surface area contributed by atoms with Crippen LogP contribution < -0.4 is 4.74 Å². The zero-order valence-electron chi connectivity index (χ0n) is 23.4. The van der Waals surface area contributed by atoms with E-state index in [0.717, 1.165) is 32.5 Å². The quantitative estimate of drug-likeness (QED) is 0.343. The van der Waals surface area contributed by atoms with E-state index in [4.69, 9.17) is 9.47 Å². The second-order valence-electron chi connectivity index (χ2n) is 10.4. The molecule has 1 fully saturated rings. The lowest BCUT2D eigenvalue weighted by atomic mass is 10.1. The van der Waals surface area contributed by atoms with Crippen molar-refractivity contribution in [1.29, 1.82) is 0 Å². The molecular formula is C26H46N4O5S. The maximum absolute atomic E-state index is 13.1. The van der Waals surface area contributed by atoms with Crippen LogP contribution in [0.4, 0.5) is 0 Å². The van der Waals surface area contributed by atoms with Gasteiger partial charge in [-0.25, -0.2) is 8.42 Å². The van der Waals surface area contributed by atoms with Gasteiger partial charge in [0.05, 0.1) is 18.6 Å². The number of methoxy groups -OCH3 is 1. The zero-order valence-corrected chi connectivity index (χ0v) is 24.2. The van der Waals surface area contributed by atoms with Crippen LogP contribution in [0.15, 0.2) is 17.0 Å². The summed E-state index contributed by atoms with van der Waals surface area (Å²) in [5, 5.41) is 0. The largest absolute Gasteiger partial charge is 0.497 e. The lowest BCUT2D eigenvalue weighted by Gasteiger charge is -2.26. The van der Waals surface area contributed by atoms with Gasteiger partial charge in [-0.15, -0.1) is 0 Å². The van der Waals surface area contributed by atoms with Gasteiger partial charge in [0.2, 0.25) is 15.9 Å². The Hall–Kier alpha value is -1.72. The van der Waals surface area contributed by atoms with E-state index in [1.807, 2.05) is 7.05 Å². The van der Waals surface area contributed by atoms with Crippen LogP contribution in [0, 0.1) is 19.8 Å². The number of amides is 1. The van der Waals surface area contributed by atoms with Gasteiger partial charge in [-0.2, -0.15) is 4.31 Å². The molecule has 1 aromatic carbocycles. The number of hydrogen-bond acceptors (Lipinski definition) is 7. The van der Waals surface area contributed by atoms with Crippen LogP contribution in [-0.4, -0.2) is 121 Å². The average molecular weight is 527 g/mol. The Kier molecular flexibility index (Phi) is 11.6. The van der Waals surface area contributed by atoms with Gasteiger partial charge in [0.1, 0.15) is 12.4 Å². The normalized spacial score (nSPS) is 18.4. The van der Waals surface area contributed by atoms with Crippen LogP contribution in [0.2, 0.25) is 0 Å².